The molecule has 0 radical (unpaired) electrons. The van der Waals surface area contributed by atoms with Gasteiger partial charge in [-0.15, -0.1) is 15.0 Å². The lowest BCUT2D eigenvalue weighted by molar-refractivity contribution is -0.152. The lowest BCUT2D eigenvalue weighted by atomic mass is 9.75. The van der Waals surface area contributed by atoms with E-state index in [4.69, 9.17) is 4.74 Å². The molecule has 3 rings (SSSR count). The van der Waals surface area contributed by atoms with Crippen LogP contribution in [0, 0.1) is 11.8 Å². The first-order valence-corrected chi connectivity index (χ1v) is 8.16. The van der Waals surface area contributed by atoms with Crippen LogP contribution in [0.4, 0.5) is 0 Å². The van der Waals surface area contributed by atoms with E-state index in [1.807, 2.05) is 0 Å². The number of tetrazole rings is 1. The van der Waals surface area contributed by atoms with E-state index >= 15 is 0 Å². The van der Waals surface area contributed by atoms with Crippen molar-refractivity contribution in [3.05, 3.63) is 5.82 Å². The number of carboxylic acid groups (broad SMARTS) is 1. The van der Waals surface area contributed by atoms with Crippen LogP contribution in [0.3, 0.4) is 0 Å². The van der Waals surface area contributed by atoms with E-state index in [1.54, 1.807) is 7.11 Å². The maximum Gasteiger partial charge on any atom is 0.333 e. The minimum absolute atomic E-state index is 0.492. The average Bonchev–Trinajstić information content (AvgIpc) is 3.10. The number of hydrogen-bond acceptors (Lipinski definition) is 5. The second-order valence-electron chi connectivity index (χ2n) is 6.74. The molecule has 2 atom stereocenters. The SMILES string of the molecule is COCCCCc1nnn(C2(C(=O)O)CC3CCC(C3)C2)n1. The van der Waals surface area contributed by atoms with Gasteiger partial charge in [0.1, 0.15) is 0 Å². The Kier molecular flexibility index (Phi) is 4.42. The molecule has 122 valence electrons. The van der Waals surface area contributed by atoms with Gasteiger partial charge in [0.25, 0.3) is 0 Å². The summed E-state index contributed by atoms with van der Waals surface area (Å²) >= 11 is 0. The number of carbonyl (C=O) groups is 1. The van der Waals surface area contributed by atoms with Crippen LogP contribution in [-0.2, 0) is 21.5 Å². The Bertz CT molecular complexity index is 519. The molecule has 1 N–H and O–H groups in total. The Morgan fingerprint density at radius 2 is 2.09 bits per heavy atom. The van der Waals surface area contributed by atoms with E-state index in [-0.39, 0.29) is 0 Å². The first kappa shape index (κ1) is 15.4. The molecule has 7 nitrogen and oxygen atoms in total. The minimum Gasteiger partial charge on any atom is -0.479 e. The monoisotopic (exact) mass is 308 g/mol. The van der Waals surface area contributed by atoms with Gasteiger partial charge in [-0.05, 0) is 49.2 Å². The highest BCUT2D eigenvalue weighted by Crippen LogP contribution is 2.49. The summed E-state index contributed by atoms with van der Waals surface area (Å²) in [5.41, 5.74) is -0.984. The summed E-state index contributed by atoms with van der Waals surface area (Å²) in [6.45, 7) is 0.719. The summed E-state index contributed by atoms with van der Waals surface area (Å²) in [6.07, 6.45) is 7.29. The average molecular weight is 308 g/mol. The van der Waals surface area contributed by atoms with Crippen LogP contribution in [0.1, 0.15) is 50.8 Å². The molecule has 1 heterocycles. The zero-order chi connectivity index (χ0) is 15.6. The molecule has 2 aliphatic rings. The first-order valence-electron chi connectivity index (χ1n) is 8.16. The number of nitrogens with zero attached hydrogens (tertiary/aromatic N) is 4. The number of aromatic nitrogens is 4. The van der Waals surface area contributed by atoms with Crippen molar-refractivity contribution in [2.75, 3.05) is 13.7 Å². The van der Waals surface area contributed by atoms with Crippen LogP contribution in [0.2, 0.25) is 0 Å². The van der Waals surface area contributed by atoms with Crippen molar-refractivity contribution in [3.8, 4) is 0 Å². The van der Waals surface area contributed by atoms with Gasteiger partial charge in [-0.2, -0.15) is 0 Å². The number of rotatable bonds is 7. The van der Waals surface area contributed by atoms with E-state index < -0.39 is 11.5 Å². The molecule has 1 aromatic heterocycles. The number of aryl methyl sites for hydroxylation is 1. The molecule has 0 aliphatic heterocycles. The van der Waals surface area contributed by atoms with Crippen LogP contribution in [0.5, 0.6) is 0 Å². The minimum atomic E-state index is -0.984. The Morgan fingerprint density at radius 1 is 1.36 bits per heavy atom. The number of hydrogen-bond donors (Lipinski definition) is 1. The van der Waals surface area contributed by atoms with Gasteiger partial charge in [-0.25, -0.2) is 4.79 Å². The highest BCUT2D eigenvalue weighted by atomic mass is 16.5. The van der Waals surface area contributed by atoms with Gasteiger partial charge in [0.05, 0.1) is 0 Å². The molecule has 2 aliphatic carbocycles. The maximum absolute atomic E-state index is 12.0. The van der Waals surface area contributed by atoms with E-state index in [0.717, 1.165) is 38.7 Å². The van der Waals surface area contributed by atoms with Crippen LogP contribution in [0.15, 0.2) is 0 Å². The molecule has 22 heavy (non-hydrogen) atoms. The van der Waals surface area contributed by atoms with Crippen molar-refractivity contribution in [2.45, 2.75) is 56.9 Å². The van der Waals surface area contributed by atoms with Crippen molar-refractivity contribution in [1.82, 2.24) is 20.2 Å². The fraction of sp³-hybridized carbons (Fsp3) is 0.867. The van der Waals surface area contributed by atoms with Crippen molar-refractivity contribution < 1.29 is 14.6 Å². The zero-order valence-corrected chi connectivity index (χ0v) is 13.1. The molecule has 7 heteroatoms. The zero-order valence-electron chi connectivity index (χ0n) is 13.1. The smallest absolute Gasteiger partial charge is 0.333 e. The second-order valence-corrected chi connectivity index (χ2v) is 6.74. The number of unbranched alkanes of at least 4 members (excludes halogenated alkanes) is 1. The number of fused-ring (bicyclic) bond motifs is 2. The highest BCUT2D eigenvalue weighted by molar-refractivity contribution is 5.76. The van der Waals surface area contributed by atoms with Crippen molar-refractivity contribution in [2.24, 2.45) is 11.8 Å². The fourth-order valence-electron chi connectivity index (χ4n) is 4.07. The van der Waals surface area contributed by atoms with E-state index in [0.29, 0.717) is 36.9 Å². The standard InChI is InChI=1S/C15H24N4O3/c1-22-7-3-2-4-13-16-18-19(17-13)15(14(20)21)9-11-5-6-12(8-11)10-15/h11-12H,2-10H2,1H3,(H,20,21). The fourth-order valence-corrected chi connectivity index (χ4v) is 4.07. The topological polar surface area (TPSA) is 90.1 Å². The third-order valence-electron chi connectivity index (χ3n) is 5.14. The molecule has 0 spiro atoms. The second kappa shape index (κ2) is 6.32. The summed E-state index contributed by atoms with van der Waals surface area (Å²) in [4.78, 5) is 13.4. The lowest BCUT2D eigenvalue weighted by Gasteiger charge is -2.35. The number of ether oxygens (including phenoxy) is 1. The largest absolute Gasteiger partial charge is 0.479 e. The van der Waals surface area contributed by atoms with Gasteiger partial charge in [0.15, 0.2) is 11.4 Å². The number of carboxylic acids is 1. The summed E-state index contributed by atoms with van der Waals surface area (Å²) in [5.74, 6) is 0.805. The quantitative estimate of drug-likeness (QED) is 0.770. The predicted molar refractivity (Wildman–Crippen MR) is 78.3 cm³/mol. The van der Waals surface area contributed by atoms with Gasteiger partial charge in [-0.1, -0.05) is 12.8 Å². The van der Waals surface area contributed by atoms with Gasteiger partial charge in [-0.3, -0.25) is 0 Å². The first-order chi connectivity index (χ1) is 10.6. The van der Waals surface area contributed by atoms with E-state index in [1.165, 1.54) is 4.80 Å². The van der Waals surface area contributed by atoms with E-state index in [2.05, 4.69) is 15.4 Å². The Hall–Kier alpha value is -1.50. The molecule has 2 fully saturated rings. The Balaban J connectivity index is 1.73. The number of methoxy groups -OCH3 is 1. The lowest BCUT2D eigenvalue weighted by Crippen LogP contribution is -2.47. The van der Waals surface area contributed by atoms with Gasteiger partial charge in [0, 0.05) is 20.1 Å². The molecule has 0 aromatic carbocycles. The third-order valence-corrected chi connectivity index (χ3v) is 5.14. The summed E-state index contributed by atoms with van der Waals surface area (Å²) in [7, 11) is 1.68. The highest BCUT2D eigenvalue weighted by Gasteiger charge is 2.52. The van der Waals surface area contributed by atoms with Crippen molar-refractivity contribution >= 4 is 5.97 Å². The molecular formula is C15H24N4O3. The molecule has 1 aromatic rings. The normalized spacial score (nSPS) is 30.6. The molecule has 0 saturated heterocycles. The van der Waals surface area contributed by atoms with Gasteiger partial charge in [0.2, 0.25) is 0 Å². The summed E-state index contributed by atoms with van der Waals surface area (Å²) < 4.78 is 5.02. The Labute approximate surface area is 130 Å². The van der Waals surface area contributed by atoms with E-state index in [9.17, 15) is 9.90 Å². The summed E-state index contributed by atoms with van der Waals surface area (Å²) in [5, 5.41) is 22.4. The van der Waals surface area contributed by atoms with Crippen molar-refractivity contribution in [1.29, 1.82) is 0 Å². The molecular weight excluding hydrogens is 284 g/mol. The van der Waals surface area contributed by atoms with Crippen LogP contribution in [-0.4, -0.2) is 45.0 Å². The van der Waals surface area contributed by atoms with Gasteiger partial charge < -0.3 is 9.84 Å². The molecule has 0 amide bonds. The summed E-state index contributed by atoms with van der Waals surface area (Å²) in [6, 6.07) is 0. The molecule has 2 unspecified atom stereocenters. The maximum atomic E-state index is 12.0. The van der Waals surface area contributed by atoms with Crippen LogP contribution >= 0.6 is 0 Å². The molecule has 2 saturated carbocycles. The third kappa shape index (κ3) is 2.86. The van der Waals surface area contributed by atoms with Crippen molar-refractivity contribution in [3.63, 3.8) is 0 Å². The predicted octanol–water partition coefficient (Wildman–Crippen LogP) is 1.63. The number of aliphatic carboxylic acids is 1. The van der Waals surface area contributed by atoms with Crippen LogP contribution in [0.25, 0.3) is 0 Å². The van der Waals surface area contributed by atoms with Gasteiger partial charge >= 0.3 is 5.97 Å². The molecule has 2 bridgehead atoms. The Morgan fingerprint density at radius 3 is 2.73 bits per heavy atom. The van der Waals surface area contributed by atoms with Crippen LogP contribution < -0.4 is 0 Å².